The first-order valence-corrected chi connectivity index (χ1v) is 23.5. The third kappa shape index (κ3) is 17.7. The molecule has 1 aliphatic heterocycles. The molecule has 3 rings (SSSR count). The lowest BCUT2D eigenvalue weighted by Crippen LogP contribution is -2.62. The number of phenols is 1. The van der Waals surface area contributed by atoms with E-state index in [1.165, 1.54) is 29.6 Å². The number of aromatic nitrogens is 2. The topological polar surface area (TPSA) is 358 Å². The fraction of sp³-hybridized carbons (Fsp3) is 0.609. The number of nitrogens with one attached hydrogen (secondary N) is 8. The van der Waals surface area contributed by atoms with Gasteiger partial charge in [-0.1, -0.05) is 66.5 Å². The number of rotatable bonds is 28. The molecule has 0 spiro atoms. The van der Waals surface area contributed by atoms with Gasteiger partial charge >= 0.3 is 5.97 Å². The molecule has 1 aromatic heterocycles. The molecule has 0 unspecified atom stereocenters. The number of carboxylic acid groups (broad SMARTS) is 1. The van der Waals surface area contributed by atoms with Gasteiger partial charge in [0, 0.05) is 37.8 Å². The van der Waals surface area contributed by atoms with Crippen molar-refractivity contribution in [2.24, 2.45) is 34.2 Å². The molecule has 69 heavy (non-hydrogen) atoms. The van der Waals surface area contributed by atoms with Gasteiger partial charge in [-0.25, -0.2) is 9.78 Å². The first kappa shape index (κ1) is 56.5. The Morgan fingerprint density at radius 1 is 0.797 bits per heavy atom. The average molecular weight is 968 g/mol. The standard InChI is InChI=1S/C46H73N13O10/c1-8-26(5)37(43(66)55-33(21-29-22-50-24-52-29)44(67)59-19-11-13-34(59)41(64)58-38(45(68)69)27(6)9-2)57-40(63)32(20-28-14-16-30(60)17-15-28)54-42(65)36(25(3)4)56-39(62)31(53-35(61)23-49-7)12-10-18-51-46(47)48/h14-17,22,24-27,31-34,36-38,49,60H,8-13,18-21,23H2,1-7H3,(H,50,52)(H,53,61)(H,54,65)(H,55,66)(H,56,62)(H,57,63)(H,58,64)(H,68,69)(H4,47,48,51)/t26-,27-,31-,32+,33+,34-,36-,37-,38-/m0/s1. The molecule has 14 N–H and O–H groups in total. The van der Waals surface area contributed by atoms with E-state index in [1.807, 2.05) is 13.8 Å². The second-order valence-electron chi connectivity index (χ2n) is 17.9. The summed E-state index contributed by atoms with van der Waals surface area (Å²) in [5.41, 5.74) is 11.9. The Morgan fingerprint density at radius 2 is 1.41 bits per heavy atom. The molecule has 2 aromatic rings. The number of carboxylic acids is 1. The van der Waals surface area contributed by atoms with Crippen LogP contribution < -0.4 is 48.7 Å². The number of amides is 7. The van der Waals surface area contributed by atoms with Crippen molar-refractivity contribution in [1.82, 2.24) is 52.1 Å². The zero-order chi connectivity index (χ0) is 51.4. The van der Waals surface area contributed by atoms with Crippen LogP contribution in [0.25, 0.3) is 0 Å². The van der Waals surface area contributed by atoms with Crippen molar-refractivity contribution in [1.29, 1.82) is 0 Å². The van der Waals surface area contributed by atoms with E-state index in [4.69, 9.17) is 11.5 Å². The molecule has 23 nitrogen and oxygen atoms in total. The summed E-state index contributed by atoms with van der Waals surface area (Å²) in [6.45, 7) is 10.7. The summed E-state index contributed by atoms with van der Waals surface area (Å²) in [7, 11) is 1.57. The zero-order valence-electron chi connectivity index (χ0n) is 40.7. The third-order valence-electron chi connectivity index (χ3n) is 12.2. The van der Waals surface area contributed by atoms with Gasteiger partial charge in [0.1, 0.15) is 48.0 Å². The minimum Gasteiger partial charge on any atom is -0.508 e. The molecule has 0 saturated carbocycles. The van der Waals surface area contributed by atoms with Gasteiger partial charge in [0.25, 0.3) is 0 Å². The van der Waals surface area contributed by atoms with Crippen molar-refractivity contribution >= 4 is 53.3 Å². The number of hydrogen-bond acceptors (Lipinski definition) is 12. The molecular weight excluding hydrogens is 895 g/mol. The van der Waals surface area contributed by atoms with Gasteiger partial charge in [-0.05, 0) is 68.2 Å². The largest absolute Gasteiger partial charge is 0.508 e. The molecule has 2 heterocycles. The summed E-state index contributed by atoms with van der Waals surface area (Å²) in [5, 5.41) is 38.9. The van der Waals surface area contributed by atoms with Gasteiger partial charge in [0.05, 0.1) is 12.9 Å². The van der Waals surface area contributed by atoms with Crippen LogP contribution in [0.4, 0.5) is 0 Å². The van der Waals surface area contributed by atoms with E-state index >= 15 is 0 Å². The van der Waals surface area contributed by atoms with Crippen LogP contribution in [0.15, 0.2) is 41.8 Å². The van der Waals surface area contributed by atoms with E-state index in [0.717, 1.165) is 0 Å². The fourth-order valence-electron chi connectivity index (χ4n) is 7.77. The number of phenolic OH excluding ortho intramolecular Hbond substituents is 1. The Balaban J connectivity index is 1.92. The van der Waals surface area contributed by atoms with Crippen LogP contribution in [0.3, 0.4) is 0 Å². The van der Waals surface area contributed by atoms with Gasteiger partial charge in [-0.15, -0.1) is 0 Å². The summed E-state index contributed by atoms with van der Waals surface area (Å²) in [6.07, 6.45) is 4.75. The van der Waals surface area contributed by atoms with Crippen molar-refractivity contribution in [3.63, 3.8) is 0 Å². The van der Waals surface area contributed by atoms with Gasteiger partial charge in [-0.3, -0.25) is 38.6 Å². The number of aliphatic imine (C=N–C) groups is 1. The van der Waals surface area contributed by atoms with Crippen molar-refractivity contribution in [3.8, 4) is 5.75 Å². The van der Waals surface area contributed by atoms with Crippen LogP contribution in [0.1, 0.15) is 91.3 Å². The number of nitrogens with zero attached hydrogens (tertiary/aromatic N) is 3. The Bertz CT molecular complexity index is 2060. The summed E-state index contributed by atoms with van der Waals surface area (Å²) < 4.78 is 0. The highest BCUT2D eigenvalue weighted by molar-refractivity contribution is 5.98. The Kier molecular flexibility index (Phi) is 22.9. The molecular formula is C46H73N13O10. The van der Waals surface area contributed by atoms with Crippen molar-refractivity contribution in [2.75, 3.05) is 26.7 Å². The second kappa shape index (κ2) is 27.9. The van der Waals surface area contributed by atoms with Crippen LogP contribution in [-0.2, 0) is 51.2 Å². The molecule has 0 bridgehead atoms. The van der Waals surface area contributed by atoms with Crippen LogP contribution in [0.2, 0.25) is 0 Å². The normalized spacial score (nSPS) is 16.9. The van der Waals surface area contributed by atoms with E-state index < -0.39 is 101 Å². The number of imidazole rings is 1. The SMILES string of the molecule is CC[C@H](C)[C@H](NC(=O)[C@@H]1CCCN1C(=O)[C@@H](Cc1cnc[nH]1)NC(=O)[C@@H](NC(=O)[C@@H](Cc1ccc(O)cc1)NC(=O)[C@@H](NC(=O)[C@H](CCCN=C(N)N)NC(=O)CNC)C(C)C)[C@@H](C)CC)C(=O)O. The summed E-state index contributed by atoms with van der Waals surface area (Å²) in [4.78, 5) is 122. The Labute approximate surface area is 402 Å². The molecule has 1 aromatic carbocycles. The quantitative estimate of drug-likeness (QED) is 0.0274. The average Bonchev–Trinajstić information content (AvgIpc) is 4.02. The van der Waals surface area contributed by atoms with Crippen LogP contribution in [0, 0.1) is 17.8 Å². The lowest BCUT2D eigenvalue weighted by Gasteiger charge is -2.32. The number of hydrogen-bond donors (Lipinski definition) is 12. The molecule has 382 valence electrons. The number of likely N-dealkylation sites (tertiary alicyclic amines) is 1. The maximum Gasteiger partial charge on any atom is 0.326 e. The number of aliphatic carboxylic acids is 1. The molecule has 0 aliphatic carbocycles. The molecule has 1 aliphatic rings. The lowest BCUT2D eigenvalue weighted by molar-refractivity contribution is -0.146. The molecule has 7 amide bonds. The molecule has 23 heteroatoms. The van der Waals surface area contributed by atoms with E-state index in [0.29, 0.717) is 36.9 Å². The minimum atomic E-state index is -1.35. The highest BCUT2D eigenvalue weighted by Crippen LogP contribution is 2.22. The highest BCUT2D eigenvalue weighted by Gasteiger charge is 2.41. The summed E-state index contributed by atoms with van der Waals surface area (Å²) >= 11 is 0. The lowest BCUT2D eigenvalue weighted by atomic mass is 9.96. The Morgan fingerprint density at radius 3 is 1.99 bits per heavy atom. The van der Waals surface area contributed by atoms with Crippen molar-refractivity contribution < 1.29 is 48.6 Å². The number of aromatic amines is 1. The number of carbonyl (C=O) groups is 8. The molecule has 1 fully saturated rings. The number of carbonyl (C=O) groups excluding carboxylic acids is 7. The fourth-order valence-corrected chi connectivity index (χ4v) is 7.77. The first-order valence-electron chi connectivity index (χ1n) is 23.5. The predicted molar refractivity (Wildman–Crippen MR) is 256 cm³/mol. The van der Waals surface area contributed by atoms with E-state index in [-0.39, 0.29) is 62.9 Å². The summed E-state index contributed by atoms with van der Waals surface area (Å²) in [6, 6.07) is -2.38. The second-order valence-corrected chi connectivity index (χ2v) is 17.9. The number of nitrogens with two attached hydrogens (primary N) is 2. The van der Waals surface area contributed by atoms with Crippen LogP contribution in [0.5, 0.6) is 5.75 Å². The van der Waals surface area contributed by atoms with Crippen LogP contribution >= 0.6 is 0 Å². The van der Waals surface area contributed by atoms with Gasteiger partial charge in [0.15, 0.2) is 5.96 Å². The van der Waals surface area contributed by atoms with Crippen molar-refractivity contribution in [3.05, 3.63) is 48.0 Å². The predicted octanol–water partition coefficient (Wildman–Crippen LogP) is -1.09. The number of benzene rings is 1. The third-order valence-corrected chi connectivity index (χ3v) is 12.2. The molecule has 0 radical (unpaired) electrons. The number of H-pyrrole nitrogens is 1. The molecule has 9 atom stereocenters. The molecule has 1 saturated heterocycles. The summed E-state index contributed by atoms with van der Waals surface area (Å²) in [5.74, 6) is -7.40. The van der Waals surface area contributed by atoms with Gasteiger partial charge in [0.2, 0.25) is 41.4 Å². The zero-order valence-corrected chi connectivity index (χ0v) is 40.7. The smallest absolute Gasteiger partial charge is 0.326 e. The number of likely N-dealkylation sites (N-methyl/N-ethyl adjacent to an activating group) is 1. The van der Waals surface area contributed by atoms with Crippen molar-refractivity contribution in [2.45, 2.75) is 135 Å². The first-order chi connectivity index (χ1) is 32.7. The van der Waals surface area contributed by atoms with Gasteiger partial charge < -0.3 is 68.8 Å². The van der Waals surface area contributed by atoms with E-state index in [9.17, 15) is 48.6 Å². The van der Waals surface area contributed by atoms with E-state index in [2.05, 4.69) is 52.2 Å². The maximum absolute atomic E-state index is 14.5. The maximum atomic E-state index is 14.5. The van der Waals surface area contributed by atoms with E-state index in [1.54, 1.807) is 46.9 Å². The Hall–Kier alpha value is -6.78. The van der Waals surface area contributed by atoms with Gasteiger partial charge in [-0.2, -0.15) is 0 Å². The minimum absolute atomic E-state index is 0.0369. The highest BCUT2D eigenvalue weighted by atomic mass is 16.4. The van der Waals surface area contributed by atoms with Crippen LogP contribution in [-0.4, -0.2) is 147 Å². The number of aromatic hydroxyl groups is 1. The monoisotopic (exact) mass is 968 g/mol. The number of guanidine groups is 1.